The fourth-order valence-electron chi connectivity index (χ4n) is 1.89. The van der Waals surface area contributed by atoms with E-state index < -0.39 is 0 Å². The molecule has 0 atom stereocenters. The number of methoxy groups -OCH3 is 1. The number of ether oxygens (including phenoxy) is 1. The van der Waals surface area contributed by atoms with Gasteiger partial charge in [0.25, 0.3) is 0 Å². The number of rotatable bonds is 3. The molecule has 2 heterocycles. The molecular weight excluding hydrogens is 278 g/mol. The fourth-order valence-corrected chi connectivity index (χ4v) is 2.05. The second kappa shape index (κ2) is 4.90. The summed E-state index contributed by atoms with van der Waals surface area (Å²) in [6, 6.07) is 5.32. The summed E-state index contributed by atoms with van der Waals surface area (Å²) in [5.41, 5.74) is 7.11. The largest absolute Gasteiger partial charge is 0.497 e. The van der Waals surface area contributed by atoms with Gasteiger partial charge in [0.1, 0.15) is 11.6 Å². The Kier molecular flexibility index (Phi) is 3.08. The smallest absolute Gasteiger partial charge is 0.180 e. The molecule has 0 spiro atoms. The third-order valence-electron chi connectivity index (χ3n) is 2.82. The Labute approximate surface area is 120 Å². The summed E-state index contributed by atoms with van der Waals surface area (Å²) in [4.78, 5) is 8.49. The van der Waals surface area contributed by atoms with Crippen LogP contribution in [0.25, 0.3) is 5.65 Å². The lowest BCUT2D eigenvalue weighted by Crippen LogP contribution is -2.02. The Morgan fingerprint density at radius 1 is 1.40 bits per heavy atom. The van der Waals surface area contributed by atoms with Gasteiger partial charge in [-0.15, -0.1) is 0 Å². The van der Waals surface area contributed by atoms with Crippen LogP contribution in [0.5, 0.6) is 5.75 Å². The maximum Gasteiger partial charge on any atom is 0.180 e. The zero-order chi connectivity index (χ0) is 14.1. The molecule has 0 aliphatic carbocycles. The average molecular weight is 290 g/mol. The molecule has 0 saturated carbocycles. The van der Waals surface area contributed by atoms with Gasteiger partial charge in [-0.1, -0.05) is 11.6 Å². The highest BCUT2D eigenvalue weighted by Crippen LogP contribution is 2.30. The number of nitrogens with zero attached hydrogens (tertiary/aromatic N) is 3. The Balaban J connectivity index is 2.07. The summed E-state index contributed by atoms with van der Waals surface area (Å²) < 4.78 is 6.97. The summed E-state index contributed by atoms with van der Waals surface area (Å²) in [7, 11) is 1.60. The van der Waals surface area contributed by atoms with Crippen LogP contribution in [0, 0.1) is 0 Å². The maximum atomic E-state index is 6.16. The number of hydrogen-bond donors (Lipinski definition) is 2. The van der Waals surface area contributed by atoms with E-state index in [1.807, 2.05) is 0 Å². The Morgan fingerprint density at radius 3 is 3.05 bits per heavy atom. The molecule has 20 heavy (non-hydrogen) atoms. The monoisotopic (exact) mass is 289 g/mol. The van der Waals surface area contributed by atoms with Crippen molar-refractivity contribution in [3.05, 3.63) is 41.8 Å². The van der Waals surface area contributed by atoms with Gasteiger partial charge in [-0.2, -0.15) is 0 Å². The average Bonchev–Trinajstić information content (AvgIpc) is 2.89. The van der Waals surface area contributed by atoms with Crippen LogP contribution in [0.15, 0.2) is 36.8 Å². The van der Waals surface area contributed by atoms with Gasteiger partial charge in [-0.05, 0) is 12.1 Å². The van der Waals surface area contributed by atoms with Crippen LogP contribution in [-0.2, 0) is 0 Å². The highest BCUT2D eigenvalue weighted by Gasteiger charge is 2.09. The molecule has 3 N–H and O–H groups in total. The van der Waals surface area contributed by atoms with Crippen molar-refractivity contribution in [2.45, 2.75) is 0 Å². The van der Waals surface area contributed by atoms with E-state index in [1.165, 1.54) is 0 Å². The SMILES string of the molecule is COc1ccc(Cl)c(Nc2nc(N)cn3ccnc23)c1. The van der Waals surface area contributed by atoms with E-state index in [0.717, 1.165) is 0 Å². The van der Waals surface area contributed by atoms with Gasteiger partial charge in [-0.3, -0.25) is 0 Å². The number of fused-ring (bicyclic) bond motifs is 1. The van der Waals surface area contributed by atoms with E-state index in [9.17, 15) is 0 Å². The van der Waals surface area contributed by atoms with Crippen molar-refractivity contribution in [1.82, 2.24) is 14.4 Å². The number of hydrogen-bond acceptors (Lipinski definition) is 5. The highest BCUT2D eigenvalue weighted by molar-refractivity contribution is 6.33. The van der Waals surface area contributed by atoms with Gasteiger partial charge >= 0.3 is 0 Å². The van der Waals surface area contributed by atoms with Crippen molar-refractivity contribution in [2.75, 3.05) is 18.2 Å². The number of nitrogens with two attached hydrogens (primary N) is 1. The summed E-state index contributed by atoms with van der Waals surface area (Å²) in [5, 5.41) is 3.69. The van der Waals surface area contributed by atoms with Gasteiger partial charge in [0, 0.05) is 18.5 Å². The predicted molar refractivity (Wildman–Crippen MR) is 78.7 cm³/mol. The Bertz CT molecular complexity index is 771. The zero-order valence-electron chi connectivity index (χ0n) is 10.7. The first-order valence-corrected chi connectivity index (χ1v) is 6.25. The zero-order valence-corrected chi connectivity index (χ0v) is 11.4. The minimum Gasteiger partial charge on any atom is -0.497 e. The lowest BCUT2D eigenvalue weighted by molar-refractivity contribution is 0.415. The molecule has 0 radical (unpaired) electrons. The minimum absolute atomic E-state index is 0.386. The van der Waals surface area contributed by atoms with E-state index in [2.05, 4.69) is 15.3 Å². The maximum absolute atomic E-state index is 6.16. The van der Waals surface area contributed by atoms with Crippen molar-refractivity contribution < 1.29 is 4.74 Å². The van der Waals surface area contributed by atoms with Crippen LogP contribution in [0.2, 0.25) is 5.02 Å². The quantitative estimate of drug-likeness (QED) is 0.775. The van der Waals surface area contributed by atoms with Crippen LogP contribution in [0.4, 0.5) is 17.3 Å². The summed E-state index contributed by atoms with van der Waals surface area (Å²) in [6.07, 6.45) is 5.17. The molecule has 0 fully saturated rings. The number of imidazole rings is 1. The standard InChI is InChI=1S/C13H12ClN5O/c1-20-8-2-3-9(14)10(6-8)17-12-13-16-4-5-19(13)7-11(15)18-12/h2-7H,15H2,1H3,(H,17,18). The normalized spacial score (nSPS) is 10.7. The minimum atomic E-state index is 0.386. The first-order chi connectivity index (χ1) is 9.67. The number of aromatic nitrogens is 3. The van der Waals surface area contributed by atoms with Gasteiger partial charge in [0.15, 0.2) is 11.5 Å². The third kappa shape index (κ3) is 2.21. The second-order valence-electron chi connectivity index (χ2n) is 4.14. The highest BCUT2D eigenvalue weighted by atomic mass is 35.5. The first kappa shape index (κ1) is 12.6. The van der Waals surface area contributed by atoms with Gasteiger partial charge < -0.3 is 20.2 Å². The topological polar surface area (TPSA) is 77.5 Å². The summed E-state index contributed by atoms with van der Waals surface area (Å²) >= 11 is 6.16. The third-order valence-corrected chi connectivity index (χ3v) is 3.15. The molecular formula is C13H12ClN5O. The molecule has 1 aromatic carbocycles. The molecule has 0 saturated heterocycles. The number of nitrogen functional groups attached to an aromatic ring is 1. The number of halogens is 1. The molecule has 3 aromatic rings. The van der Waals surface area contributed by atoms with E-state index >= 15 is 0 Å². The number of anilines is 3. The van der Waals surface area contributed by atoms with Crippen LogP contribution in [0.1, 0.15) is 0 Å². The predicted octanol–water partition coefficient (Wildman–Crippen LogP) is 2.72. The Morgan fingerprint density at radius 2 is 2.25 bits per heavy atom. The Hall–Kier alpha value is -2.47. The van der Waals surface area contributed by atoms with Crippen LogP contribution in [0.3, 0.4) is 0 Å². The summed E-state index contributed by atoms with van der Waals surface area (Å²) in [6.45, 7) is 0. The van der Waals surface area contributed by atoms with Crippen LogP contribution in [-0.4, -0.2) is 21.5 Å². The lowest BCUT2D eigenvalue weighted by atomic mass is 10.3. The van der Waals surface area contributed by atoms with E-state index in [1.54, 1.807) is 48.3 Å². The molecule has 6 nitrogen and oxygen atoms in total. The fraction of sp³-hybridized carbons (Fsp3) is 0.0769. The second-order valence-corrected chi connectivity index (χ2v) is 4.55. The van der Waals surface area contributed by atoms with Crippen molar-refractivity contribution in [2.24, 2.45) is 0 Å². The molecule has 0 amide bonds. The van der Waals surface area contributed by atoms with Crippen molar-refractivity contribution in [3.8, 4) is 5.75 Å². The molecule has 0 unspecified atom stereocenters. The molecule has 2 aromatic heterocycles. The van der Waals surface area contributed by atoms with Crippen molar-refractivity contribution in [1.29, 1.82) is 0 Å². The molecule has 0 bridgehead atoms. The molecule has 102 valence electrons. The molecule has 3 rings (SSSR count). The molecule has 0 aliphatic rings. The number of benzene rings is 1. The van der Waals surface area contributed by atoms with Crippen LogP contribution >= 0.6 is 11.6 Å². The van der Waals surface area contributed by atoms with Crippen molar-refractivity contribution >= 4 is 34.6 Å². The lowest BCUT2D eigenvalue weighted by Gasteiger charge is -2.10. The molecule has 7 heteroatoms. The van der Waals surface area contributed by atoms with E-state index in [4.69, 9.17) is 22.1 Å². The van der Waals surface area contributed by atoms with Gasteiger partial charge in [-0.25, -0.2) is 9.97 Å². The first-order valence-electron chi connectivity index (χ1n) is 5.87. The summed E-state index contributed by atoms with van der Waals surface area (Å²) in [5.74, 6) is 1.61. The van der Waals surface area contributed by atoms with Crippen molar-refractivity contribution in [3.63, 3.8) is 0 Å². The van der Waals surface area contributed by atoms with Gasteiger partial charge in [0.05, 0.1) is 24.0 Å². The number of nitrogens with one attached hydrogen (secondary N) is 1. The molecule has 0 aliphatic heterocycles. The van der Waals surface area contributed by atoms with E-state index in [0.29, 0.717) is 33.7 Å². The van der Waals surface area contributed by atoms with Gasteiger partial charge in [0.2, 0.25) is 0 Å². The van der Waals surface area contributed by atoms with Crippen LogP contribution < -0.4 is 15.8 Å². The van der Waals surface area contributed by atoms with E-state index in [-0.39, 0.29) is 0 Å².